The average Bonchev–Trinajstić information content (AvgIpc) is 2.92. The van der Waals surface area contributed by atoms with E-state index in [0.717, 1.165) is 17.0 Å². The van der Waals surface area contributed by atoms with Gasteiger partial charge in [-0.25, -0.2) is 14.9 Å². The molecule has 1 amide bonds. The number of pyridine rings is 1. The summed E-state index contributed by atoms with van der Waals surface area (Å²) >= 11 is 0. The van der Waals surface area contributed by atoms with Crippen LogP contribution in [0.3, 0.4) is 0 Å². The van der Waals surface area contributed by atoms with Gasteiger partial charge in [-0.15, -0.1) is 5.10 Å². The molecular formula is C14H13N7O. The van der Waals surface area contributed by atoms with Gasteiger partial charge in [-0.3, -0.25) is 9.78 Å². The van der Waals surface area contributed by atoms with E-state index in [1.165, 1.54) is 10.7 Å². The molecule has 1 N–H and O–H groups in total. The summed E-state index contributed by atoms with van der Waals surface area (Å²) in [7, 11) is 0. The van der Waals surface area contributed by atoms with Crippen LogP contribution in [0.5, 0.6) is 0 Å². The van der Waals surface area contributed by atoms with Crippen LogP contribution in [0.15, 0.2) is 35.7 Å². The second-order valence-corrected chi connectivity index (χ2v) is 4.67. The summed E-state index contributed by atoms with van der Waals surface area (Å²) in [4.78, 5) is 24.3. The molecule has 8 nitrogen and oxygen atoms in total. The van der Waals surface area contributed by atoms with Crippen LogP contribution in [0.25, 0.3) is 5.78 Å². The van der Waals surface area contributed by atoms with Gasteiger partial charge in [0.05, 0.1) is 6.21 Å². The third-order valence-corrected chi connectivity index (χ3v) is 2.89. The number of nitrogens with zero attached hydrogens (tertiary/aromatic N) is 6. The molecule has 0 spiro atoms. The van der Waals surface area contributed by atoms with Crippen molar-refractivity contribution in [1.82, 2.24) is 30.0 Å². The molecule has 0 saturated carbocycles. The van der Waals surface area contributed by atoms with Gasteiger partial charge in [-0.2, -0.15) is 10.1 Å². The van der Waals surface area contributed by atoms with Gasteiger partial charge in [0.2, 0.25) is 5.82 Å². The SMILES string of the molecule is Cc1cc(C)n2nc(C(=O)NN=Cc3cccnc3)nc2n1. The Morgan fingerprint density at radius 1 is 1.36 bits per heavy atom. The molecule has 0 saturated heterocycles. The van der Waals surface area contributed by atoms with Crippen LogP contribution < -0.4 is 5.43 Å². The zero-order valence-corrected chi connectivity index (χ0v) is 12.1. The van der Waals surface area contributed by atoms with Crippen LogP contribution >= 0.6 is 0 Å². The third-order valence-electron chi connectivity index (χ3n) is 2.89. The molecule has 3 aromatic heterocycles. The quantitative estimate of drug-likeness (QED) is 0.572. The first-order chi connectivity index (χ1) is 10.6. The molecule has 0 bridgehead atoms. The first kappa shape index (κ1) is 13.8. The topological polar surface area (TPSA) is 97.4 Å². The van der Waals surface area contributed by atoms with E-state index >= 15 is 0 Å². The predicted molar refractivity (Wildman–Crippen MR) is 79.6 cm³/mol. The van der Waals surface area contributed by atoms with Crippen LogP contribution in [-0.4, -0.2) is 36.7 Å². The highest BCUT2D eigenvalue weighted by Gasteiger charge is 2.14. The Hall–Kier alpha value is -3.16. The van der Waals surface area contributed by atoms with Crippen molar-refractivity contribution in [2.45, 2.75) is 13.8 Å². The minimum absolute atomic E-state index is 0.0181. The molecule has 0 aromatic carbocycles. The fourth-order valence-electron chi connectivity index (χ4n) is 1.93. The molecular weight excluding hydrogens is 282 g/mol. The van der Waals surface area contributed by atoms with E-state index in [1.807, 2.05) is 26.0 Å². The van der Waals surface area contributed by atoms with Crippen LogP contribution in [0.2, 0.25) is 0 Å². The number of carbonyl (C=O) groups excluding carboxylic acids is 1. The van der Waals surface area contributed by atoms with E-state index in [4.69, 9.17) is 0 Å². The molecule has 0 atom stereocenters. The van der Waals surface area contributed by atoms with Crippen LogP contribution in [0.4, 0.5) is 0 Å². The monoisotopic (exact) mass is 295 g/mol. The Morgan fingerprint density at radius 3 is 3.00 bits per heavy atom. The second-order valence-electron chi connectivity index (χ2n) is 4.67. The average molecular weight is 295 g/mol. The van der Waals surface area contributed by atoms with Crippen molar-refractivity contribution in [3.8, 4) is 0 Å². The van der Waals surface area contributed by atoms with Crippen LogP contribution in [-0.2, 0) is 0 Å². The lowest BCUT2D eigenvalue weighted by Gasteiger charge is -1.97. The Bertz CT molecular complexity index is 854. The van der Waals surface area contributed by atoms with Gasteiger partial charge in [-0.1, -0.05) is 6.07 Å². The molecule has 8 heteroatoms. The highest BCUT2D eigenvalue weighted by atomic mass is 16.2. The Kier molecular flexibility index (Phi) is 3.57. The van der Waals surface area contributed by atoms with Crippen LogP contribution in [0.1, 0.15) is 27.6 Å². The maximum absolute atomic E-state index is 12.0. The number of amides is 1. The number of fused-ring (bicyclic) bond motifs is 1. The van der Waals surface area contributed by atoms with Crippen molar-refractivity contribution in [2.24, 2.45) is 5.10 Å². The fraction of sp³-hybridized carbons (Fsp3) is 0.143. The standard InChI is InChI=1S/C14H13N7O/c1-9-6-10(2)21-14(17-9)18-12(20-21)13(22)19-16-8-11-4-3-5-15-7-11/h3-8H,1-2H3,(H,19,22). The van der Waals surface area contributed by atoms with Gasteiger partial charge in [0.1, 0.15) is 0 Å². The molecule has 110 valence electrons. The first-order valence-electron chi connectivity index (χ1n) is 6.58. The third kappa shape index (κ3) is 2.80. The summed E-state index contributed by atoms with van der Waals surface area (Å²) in [6, 6.07) is 5.47. The molecule has 0 unspecified atom stereocenters. The van der Waals surface area contributed by atoms with Gasteiger partial charge in [0.25, 0.3) is 5.78 Å². The second kappa shape index (κ2) is 5.68. The number of nitrogens with one attached hydrogen (secondary N) is 1. The van der Waals surface area contributed by atoms with Gasteiger partial charge in [0.15, 0.2) is 0 Å². The fourth-order valence-corrected chi connectivity index (χ4v) is 1.93. The zero-order chi connectivity index (χ0) is 15.5. The number of hydrazone groups is 1. The Balaban J connectivity index is 1.78. The molecule has 0 aliphatic rings. The summed E-state index contributed by atoms with van der Waals surface area (Å²) in [5.74, 6) is -0.0916. The Morgan fingerprint density at radius 2 is 2.23 bits per heavy atom. The van der Waals surface area contributed by atoms with Crippen LogP contribution in [0, 0.1) is 13.8 Å². The van der Waals surface area contributed by atoms with Crippen molar-refractivity contribution >= 4 is 17.9 Å². The van der Waals surface area contributed by atoms with E-state index in [2.05, 4.69) is 30.6 Å². The maximum atomic E-state index is 12.0. The van der Waals surface area contributed by atoms with Crippen molar-refractivity contribution in [2.75, 3.05) is 0 Å². The van der Waals surface area contributed by atoms with E-state index in [0.29, 0.717) is 5.78 Å². The minimum atomic E-state index is -0.498. The normalized spacial score (nSPS) is 11.2. The van der Waals surface area contributed by atoms with Gasteiger partial charge >= 0.3 is 5.91 Å². The number of carbonyl (C=O) groups is 1. The lowest BCUT2D eigenvalue weighted by molar-refractivity contribution is 0.0945. The number of aromatic nitrogens is 5. The van der Waals surface area contributed by atoms with Crippen molar-refractivity contribution in [3.05, 3.63) is 53.4 Å². The van der Waals surface area contributed by atoms with Crippen molar-refractivity contribution in [3.63, 3.8) is 0 Å². The first-order valence-corrected chi connectivity index (χ1v) is 6.58. The van der Waals surface area contributed by atoms with E-state index in [-0.39, 0.29) is 5.82 Å². The minimum Gasteiger partial charge on any atom is -0.264 e. The number of hydrogen-bond acceptors (Lipinski definition) is 6. The molecule has 3 aromatic rings. The summed E-state index contributed by atoms with van der Waals surface area (Å²) in [5.41, 5.74) is 4.83. The zero-order valence-electron chi connectivity index (χ0n) is 12.1. The smallest absolute Gasteiger partial charge is 0.264 e. The lowest BCUT2D eigenvalue weighted by Crippen LogP contribution is -2.19. The summed E-state index contributed by atoms with van der Waals surface area (Å²) in [6.45, 7) is 3.73. The molecule has 0 radical (unpaired) electrons. The van der Waals surface area contributed by atoms with E-state index in [1.54, 1.807) is 18.5 Å². The highest BCUT2D eigenvalue weighted by molar-refractivity contribution is 5.91. The van der Waals surface area contributed by atoms with Gasteiger partial charge in [0, 0.05) is 29.3 Å². The van der Waals surface area contributed by atoms with Gasteiger partial charge < -0.3 is 0 Å². The van der Waals surface area contributed by atoms with Gasteiger partial charge in [-0.05, 0) is 26.0 Å². The van der Waals surface area contributed by atoms with E-state index < -0.39 is 5.91 Å². The molecule has 3 rings (SSSR count). The summed E-state index contributed by atoms with van der Waals surface area (Å²) < 4.78 is 1.52. The predicted octanol–water partition coefficient (Wildman–Crippen LogP) is 0.900. The largest absolute Gasteiger partial charge is 0.311 e. The maximum Gasteiger partial charge on any atom is 0.311 e. The molecule has 0 fully saturated rings. The van der Waals surface area contributed by atoms with Crippen molar-refractivity contribution in [1.29, 1.82) is 0 Å². The highest BCUT2D eigenvalue weighted by Crippen LogP contribution is 2.05. The number of aryl methyl sites for hydroxylation is 2. The summed E-state index contributed by atoms with van der Waals surface area (Å²) in [5, 5.41) is 7.98. The lowest BCUT2D eigenvalue weighted by atomic mass is 10.3. The van der Waals surface area contributed by atoms with Crippen molar-refractivity contribution < 1.29 is 4.79 Å². The van der Waals surface area contributed by atoms with E-state index in [9.17, 15) is 4.79 Å². The molecule has 3 heterocycles. The number of hydrogen-bond donors (Lipinski definition) is 1. The number of rotatable bonds is 3. The Labute approximate surface area is 125 Å². The molecule has 0 aliphatic heterocycles. The molecule has 0 aliphatic carbocycles. The summed E-state index contributed by atoms with van der Waals surface area (Å²) in [6.07, 6.45) is 4.79. The molecule has 22 heavy (non-hydrogen) atoms.